The van der Waals surface area contributed by atoms with Crippen LogP contribution in [0.2, 0.25) is 0 Å². The minimum Gasteiger partial charge on any atom is -0.337 e. The number of carbonyl (C=O) groups excluding carboxylic acids is 1. The molecule has 0 bridgehead atoms. The molecule has 1 N–H and O–H groups in total. The quantitative estimate of drug-likeness (QED) is 0.685. The zero-order chi connectivity index (χ0) is 20.1. The normalized spacial score (nSPS) is 11.1. The maximum atomic E-state index is 12.7. The number of hydrogen-bond donors (Lipinski definition) is 1. The van der Waals surface area contributed by atoms with Gasteiger partial charge in [0.15, 0.2) is 0 Å². The van der Waals surface area contributed by atoms with Crippen molar-refractivity contribution in [3.63, 3.8) is 0 Å². The molecule has 0 aromatic heterocycles. The number of hydrogen-bond acceptors (Lipinski definition) is 3. The van der Waals surface area contributed by atoms with Gasteiger partial charge in [0.2, 0.25) is 0 Å². The summed E-state index contributed by atoms with van der Waals surface area (Å²) < 4.78 is 27.9. The number of benzene rings is 3. The molecule has 6 heteroatoms. The number of carbonyl (C=O) groups is 1. The van der Waals surface area contributed by atoms with E-state index in [4.69, 9.17) is 0 Å². The molecule has 3 aromatic rings. The third-order valence-electron chi connectivity index (χ3n) is 4.30. The Labute approximate surface area is 165 Å². The smallest absolute Gasteiger partial charge is 0.261 e. The topological polar surface area (TPSA) is 66.5 Å². The Balaban J connectivity index is 1.78. The highest BCUT2D eigenvalue weighted by Crippen LogP contribution is 2.19. The first-order valence-corrected chi connectivity index (χ1v) is 10.3. The summed E-state index contributed by atoms with van der Waals surface area (Å²) in [6.45, 7) is 2.37. The summed E-state index contributed by atoms with van der Waals surface area (Å²) >= 11 is 0. The molecule has 3 aromatic carbocycles. The predicted molar refractivity (Wildman–Crippen MR) is 111 cm³/mol. The van der Waals surface area contributed by atoms with Crippen molar-refractivity contribution in [1.82, 2.24) is 4.90 Å². The third-order valence-corrected chi connectivity index (χ3v) is 5.68. The first kappa shape index (κ1) is 19.6. The van der Waals surface area contributed by atoms with E-state index in [2.05, 4.69) is 4.72 Å². The summed E-state index contributed by atoms with van der Waals surface area (Å²) in [4.78, 5) is 14.3. The molecule has 28 heavy (non-hydrogen) atoms. The van der Waals surface area contributed by atoms with E-state index in [9.17, 15) is 13.2 Å². The Morgan fingerprint density at radius 3 is 2.29 bits per heavy atom. The average Bonchev–Trinajstić information content (AvgIpc) is 2.70. The molecule has 0 saturated heterocycles. The van der Waals surface area contributed by atoms with Crippen LogP contribution in [0.15, 0.2) is 83.8 Å². The summed E-state index contributed by atoms with van der Waals surface area (Å²) in [6, 6.07) is 22.8. The fourth-order valence-electron chi connectivity index (χ4n) is 2.78. The third kappa shape index (κ3) is 4.78. The summed E-state index contributed by atoms with van der Waals surface area (Å²) in [5.74, 6) is -0.240. The first-order valence-electron chi connectivity index (χ1n) is 8.84. The highest BCUT2D eigenvalue weighted by atomic mass is 32.2. The number of anilines is 1. The lowest BCUT2D eigenvalue weighted by atomic mass is 10.1. The molecule has 5 nitrogen and oxygen atoms in total. The van der Waals surface area contributed by atoms with Crippen molar-refractivity contribution in [2.24, 2.45) is 0 Å². The number of aryl methyl sites for hydroxylation is 1. The van der Waals surface area contributed by atoms with Crippen LogP contribution in [0.25, 0.3) is 0 Å². The molecule has 0 spiro atoms. The van der Waals surface area contributed by atoms with Crippen LogP contribution in [-0.2, 0) is 16.6 Å². The molecule has 0 unspecified atom stereocenters. The van der Waals surface area contributed by atoms with Crippen molar-refractivity contribution >= 4 is 21.6 Å². The van der Waals surface area contributed by atoms with E-state index in [0.717, 1.165) is 11.1 Å². The van der Waals surface area contributed by atoms with Gasteiger partial charge in [-0.25, -0.2) is 8.42 Å². The minimum atomic E-state index is -3.79. The lowest BCUT2D eigenvalue weighted by Gasteiger charge is -2.18. The molecule has 0 aliphatic carbocycles. The van der Waals surface area contributed by atoms with E-state index < -0.39 is 10.0 Å². The molecule has 0 saturated carbocycles. The van der Waals surface area contributed by atoms with Crippen LogP contribution >= 0.6 is 0 Å². The second-order valence-electron chi connectivity index (χ2n) is 6.65. The molecule has 0 fully saturated rings. The number of amides is 1. The molecule has 0 aliphatic rings. The highest BCUT2D eigenvalue weighted by molar-refractivity contribution is 7.92. The maximum Gasteiger partial charge on any atom is 0.261 e. The van der Waals surface area contributed by atoms with Gasteiger partial charge in [-0.1, -0.05) is 54.1 Å². The summed E-state index contributed by atoms with van der Waals surface area (Å²) in [5.41, 5.74) is 2.84. The van der Waals surface area contributed by atoms with Crippen LogP contribution in [-0.4, -0.2) is 26.3 Å². The fraction of sp³-hybridized carbons (Fsp3) is 0.136. The van der Waals surface area contributed by atoms with Gasteiger partial charge < -0.3 is 4.90 Å². The Kier molecular flexibility index (Phi) is 5.80. The van der Waals surface area contributed by atoms with Crippen LogP contribution in [0.3, 0.4) is 0 Å². The van der Waals surface area contributed by atoms with Crippen molar-refractivity contribution < 1.29 is 13.2 Å². The van der Waals surface area contributed by atoms with Crippen molar-refractivity contribution in [2.75, 3.05) is 11.8 Å². The molecule has 144 valence electrons. The molecule has 0 radical (unpaired) electrons. The molecular formula is C22H22N2O3S. The van der Waals surface area contributed by atoms with Gasteiger partial charge in [0, 0.05) is 24.8 Å². The van der Waals surface area contributed by atoms with Crippen LogP contribution in [0, 0.1) is 6.92 Å². The number of nitrogens with one attached hydrogen (secondary N) is 1. The van der Waals surface area contributed by atoms with Gasteiger partial charge in [0.25, 0.3) is 15.9 Å². The second kappa shape index (κ2) is 8.27. The van der Waals surface area contributed by atoms with E-state index in [1.165, 1.54) is 12.1 Å². The predicted octanol–water partition coefficient (Wildman–Crippen LogP) is 4.07. The molecular weight excluding hydrogens is 372 g/mol. The lowest BCUT2D eigenvalue weighted by Crippen LogP contribution is -2.26. The summed E-state index contributed by atoms with van der Waals surface area (Å²) in [7, 11) is -2.09. The molecule has 3 rings (SSSR count). The second-order valence-corrected chi connectivity index (χ2v) is 8.33. The molecule has 0 atom stereocenters. The monoisotopic (exact) mass is 394 g/mol. The van der Waals surface area contributed by atoms with Gasteiger partial charge in [-0.05, 0) is 42.8 Å². The largest absolute Gasteiger partial charge is 0.337 e. The number of sulfonamides is 1. The molecule has 0 heterocycles. The van der Waals surface area contributed by atoms with E-state index in [1.807, 2.05) is 49.4 Å². The zero-order valence-electron chi connectivity index (χ0n) is 15.8. The van der Waals surface area contributed by atoms with E-state index in [0.29, 0.717) is 17.8 Å². The van der Waals surface area contributed by atoms with Gasteiger partial charge in [-0.15, -0.1) is 0 Å². The molecule has 1 amide bonds. The zero-order valence-corrected chi connectivity index (χ0v) is 16.6. The van der Waals surface area contributed by atoms with E-state index in [-0.39, 0.29) is 10.8 Å². The van der Waals surface area contributed by atoms with Crippen LogP contribution < -0.4 is 4.72 Å². The number of rotatable bonds is 6. The van der Waals surface area contributed by atoms with Crippen molar-refractivity contribution in [2.45, 2.75) is 18.4 Å². The van der Waals surface area contributed by atoms with Gasteiger partial charge in [-0.3, -0.25) is 9.52 Å². The lowest BCUT2D eigenvalue weighted by molar-refractivity contribution is 0.0785. The SMILES string of the molecule is Cc1ccc(NS(=O)(=O)c2cccc(C(=O)N(C)Cc3ccccc3)c2)cc1. The standard InChI is InChI=1S/C22H22N2O3S/c1-17-11-13-20(14-12-17)23-28(26,27)21-10-6-9-19(15-21)22(25)24(2)16-18-7-4-3-5-8-18/h3-15,23H,16H2,1-2H3. The van der Waals surface area contributed by atoms with Crippen LogP contribution in [0.4, 0.5) is 5.69 Å². The maximum absolute atomic E-state index is 12.7. The summed E-state index contributed by atoms with van der Waals surface area (Å²) in [6.07, 6.45) is 0. The van der Waals surface area contributed by atoms with Crippen LogP contribution in [0.1, 0.15) is 21.5 Å². The fourth-order valence-corrected chi connectivity index (χ4v) is 3.89. The number of nitrogens with zero attached hydrogens (tertiary/aromatic N) is 1. The van der Waals surface area contributed by atoms with Crippen molar-refractivity contribution in [3.05, 3.63) is 95.6 Å². The Morgan fingerprint density at radius 2 is 1.61 bits per heavy atom. The van der Waals surface area contributed by atoms with Gasteiger partial charge >= 0.3 is 0 Å². The van der Waals surface area contributed by atoms with Gasteiger partial charge in [0.1, 0.15) is 0 Å². The van der Waals surface area contributed by atoms with Crippen LogP contribution in [0.5, 0.6) is 0 Å². The highest BCUT2D eigenvalue weighted by Gasteiger charge is 2.18. The van der Waals surface area contributed by atoms with Gasteiger partial charge in [-0.2, -0.15) is 0 Å². The Bertz CT molecular complexity index is 1060. The minimum absolute atomic E-state index is 0.0482. The van der Waals surface area contributed by atoms with Gasteiger partial charge in [0.05, 0.1) is 4.90 Å². The molecule has 0 aliphatic heterocycles. The van der Waals surface area contributed by atoms with Crippen molar-refractivity contribution in [3.8, 4) is 0 Å². The van der Waals surface area contributed by atoms with Crippen molar-refractivity contribution in [1.29, 1.82) is 0 Å². The first-order chi connectivity index (χ1) is 13.3. The average molecular weight is 394 g/mol. The summed E-state index contributed by atoms with van der Waals surface area (Å²) in [5, 5.41) is 0. The Morgan fingerprint density at radius 1 is 0.929 bits per heavy atom. The Hall–Kier alpha value is -3.12. The van der Waals surface area contributed by atoms with E-state index >= 15 is 0 Å². The van der Waals surface area contributed by atoms with E-state index in [1.54, 1.807) is 36.2 Å².